The van der Waals surface area contributed by atoms with Crippen LogP contribution in [0.25, 0.3) is 0 Å². The number of rotatable bonds is 13. The molecule has 1 unspecified atom stereocenters. The summed E-state index contributed by atoms with van der Waals surface area (Å²) < 4.78 is 16.3. The molecule has 0 aromatic heterocycles. The molecule has 0 saturated carbocycles. The number of hydrogen-bond donors (Lipinski definition) is 1. The molecular formula is C15H28O6. The van der Waals surface area contributed by atoms with Crippen LogP contribution in [0.15, 0.2) is 0 Å². The molecule has 0 aliphatic heterocycles. The van der Waals surface area contributed by atoms with Gasteiger partial charge in [0.2, 0.25) is 17.7 Å². The Hall–Kier alpha value is -0.980. The molecule has 6 nitrogen and oxygen atoms in total. The molecule has 0 spiro atoms. The van der Waals surface area contributed by atoms with Crippen molar-refractivity contribution in [2.75, 3.05) is 19.8 Å². The van der Waals surface area contributed by atoms with E-state index in [-0.39, 0.29) is 13.0 Å². The predicted molar refractivity (Wildman–Crippen MR) is 78.2 cm³/mol. The van der Waals surface area contributed by atoms with Crippen LogP contribution in [0.2, 0.25) is 0 Å². The zero-order valence-corrected chi connectivity index (χ0v) is 13.5. The Kier molecular flexibility index (Phi) is 10.2. The van der Waals surface area contributed by atoms with Gasteiger partial charge in [-0.15, -0.1) is 0 Å². The summed E-state index contributed by atoms with van der Waals surface area (Å²) in [6.07, 6.45) is 0.724. The van der Waals surface area contributed by atoms with Gasteiger partial charge in [0.1, 0.15) is 0 Å². The summed E-state index contributed by atoms with van der Waals surface area (Å²) in [6, 6.07) is 0. The van der Waals surface area contributed by atoms with Crippen LogP contribution in [0.5, 0.6) is 0 Å². The molecule has 0 bridgehead atoms. The van der Waals surface area contributed by atoms with E-state index in [0.29, 0.717) is 32.5 Å². The smallest absolute Gasteiger partial charge is 0.340 e. The summed E-state index contributed by atoms with van der Waals surface area (Å²) in [5.74, 6) is -3.53. The van der Waals surface area contributed by atoms with Gasteiger partial charge in [-0.1, -0.05) is 27.7 Å². The van der Waals surface area contributed by atoms with Crippen LogP contribution in [0.1, 0.15) is 53.4 Å². The molecule has 0 aliphatic rings. The number of hydrogen-bond acceptors (Lipinski definition) is 5. The van der Waals surface area contributed by atoms with Gasteiger partial charge < -0.3 is 19.3 Å². The van der Waals surface area contributed by atoms with Crippen molar-refractivity contribution < 1.29 is 28.9 Å². The number of carboxylic acid groups (broad SMARTS) is 1. The van der Waals surface area contributed by atoms with E-state index < -0.39 is 23.6 Å². The predicted octanol–water partition coefficient (Wildman–Crippen LogP) is 2.39. The lowest BCUT2D eigenvalue weighted by molar-refractivity contribution is -0.238. The standard InChI is InChI=1S/C15H28O6/c1-5-9-19-12(14(17)18)13(16)15(8-4,20-10-6-2)21-11-7-3/h12H,5-11H2,1-4H3,(H,17,18). The molecular weight excluding hydrogens is 276 g/mol. The van der Waals surface area contributed by atoms with E-state index in [9.17, 15) is 14.7 Å². The number of carbonyl (C=O) groups excluding carboxylic acids is 1. The molecule has 0 radical (unpaired) electrons. The first-order chi connectivity index (χ1) is 9.98. The highest BCUT2D eigenvalue weighted by molar-refractivity contribution is 6.04. The number of ketones is 1. The van der Waals surface area contributed by atoms with Crippen LogP contribution in [-0.4, -0.2) is 48.6 Å². The van der Waals surface area contributed by atoms with E-state index in [1.165, 1.54) is 0 Å². The first-order valence-electron chi connectivity index (χ1n) is 7.65. The van der Waals surface area contributed by atoms with Crippen molar-refractivity contribution in [3.05, 3.63) is 0 Å². The van der Waals surface area contributed by atoms with Crippen LogP contribution in [0.3, 0.4) is 0 Å². The first-order valence-corrected chi connectivity index (χ1v) is 7.65. The molecule has 0 rings (SSSR count). The highest BCUT2D eigenvalue weighted by Gasteiger charge is 2.46. The Morgan fingerprint density at radius 2 is 1.43 bits per heavy atom. The van der Waals surface area contributed by atoms with E-state index >= 15 is 0 Å². The topological polar surface area (TPSA) is 82.1 Å². The van der Waals surface area contributed by atoms with Crippen LogP contribution in [-0.2, 0) is 23.8 Å². The van der Waals surface area contributed by atoms with Gasteiger partial charge in [0.25, 0.3) is 0 Å². The van der Waals surface area contributed by atoms with Crippen molar-refractivity contribution in [1.82, 2.24) is 0 Å². The monoisotopic (exact) mass is 304 g/mol. The van der Waals surface area contributed by atoms with Crippen molar-refractivity contribution in [2.45, 2.75) is 65.3 Å². The SMILES string of the molecule is CCCOC(C(=O)O)C(=O)C(CC)(OCCC)OCCC. The molecule has 0 heterocycles. The number of aliphatic carboxylic acids is 1. The van der Waals surface area contributed by atoms with Gasteiger partial charge in [0, 0.05) is 13.0 Å². The summed E-state index contributed by atoms with van der Waals surface area (Å²) in [6.45, 7) is 8.25. The van der Waals surface area contributed by atoms with E-state index in [2.05, 4.69) is 0 Å². The number of carbonyl (C=O) groups is 2. The third-order valence-corrected chi connectivity index (χ3v) is 2.87. The quantitative estimate of drug-likeness (QED) is 0.415. The fourth-order valence-electron chi connectivity index (χ4n) is 1.79. The van der Waals surface area contributed by atoms with Crippen molar-refractivity contribution in [1.29, 1.82) is 0 Å². The maximum Gasteiger partial charge on any atom is 0.340 e. The average molecular weight is 304 g/mol. The van der Waals surface area contributed by atoms with Gasteiger partial charge in [-0.05, 0) is 19.3 Å². The summed E-state index contributed by atoms with van der Waals surface area (Å²) in [7, 11) is 0. The Balaban J connectivity index is 5.22. The normalized spacial score (nSPS) is 13.1. The fraction of sp³-hybridized carbons (Fsp3) is 0.867. The van der Waals surface area contributed by atoms with E-state index in [4.69, 9.17) is 14.2 Å². The van der Waals surface area contributed by atoms with Crippen LogP contribution in [0, 0.1) is 0 Å². The molecule has 0 saturated heterocycles. The summed E-state index contributed by atoms with van der Waals surface area (Å²) >= 11 is 0. The van der Waals surface area contributed by atoms with Crippen LogP contribution < -0.4 is 0 Å². The molecule has 0 aromatic rings. The lowest BCUT2D eigenvalue weighted by atomic mass is 10.0. The minimum atomic E-state index is -1.56. The first kappa shape index (κ1) is 20.0. The van der Waals surface area contributed by atoms with Crippen molar-refractivity contribution in [2.24, 2.45) is 0 Å². The van der Waals surface area contributed by atoms with Gasteiger partial charge in [-0.2, -0.15) is 0 Å². The van der Waals surface area contributed by atoms with Crippen LogP contribution in [0.4, 0.5) is 0 Å². The second-order valence-corrected chi connectivity index (χ2v) is 4.76. The number of Topliss-reactive ketones (excluding diaryl/α,β-unsaturated/α-hetero) is 1. The van der Waals surface area contributed by atoms with E-state index in [1.54, 1.807) is 6.92 Å². The molecule has 0 fully saturated rings. The van der Waals surface area contributed by atoms with E-state index in [0.717, 1.165) is 0 Å². The third-order valence-electron chi connectivity index (χ3n) is 2.87. The summed E-state index contributed by atoms with van der Waals surface area (Å²) in [4.78, 5) is 23.9. The third kappa shape index (κ3) is 6.11. The molecule has 0 amide bonds. The Bertz CT molecular complexity index is 307. The molecule has 21 heavy (non-hydrogen) atoms. The molecule has 6 heteroatoms. The van der Waals surface area contributed by atoms with Crippen molar-refractivity contribution >= 4 is 11.8 Å². The largest absolute Gasteiger partial charge is 0.479 e. The highest BCUT2D eigenvalue weighted by atomic mass is 16.7. The Labute approximate surface area is 126 Å². The lowest BCUT2D eigenvalue weighted by Crippen LogP contribution is -2.52. The lowest BCUT2D eigenvalue weighted by Gasteiger charge is -2.33. The highest BCUT2D eigenvalue weighted by Crippen LogP contribution is 2.23. The average Bonchev–Trinajstić information content (AvgIpc) is 2.48. The number of ether oxygens (including phenoxy) is 3. The zero-order valence-electron chi connectivity index (χ0n) is 13.5. The second kappa shape index (κ2) is 10.7. The second-order valence-electron chi connectivity index (χ2n) is 4.76. The van der Waals surface area contributed by atoms with Gasteiger partial charge in [-0.3, -0.25) is 4.79 Å². The maximum absolute atomic E-state index is 12.6. The minimum absolute atomic E-state index is 0.198. The molecule has 1 atom stereocenters. The Morgan fingerprint density at radius 3 is 1.76 bits per heavy atom. The van der Waals surface area contributed by atoms with Gasteiger partial charge >= 0.3 is 5.97 Å². The zero-order chi connectivity index (χ0) is 16.3. The molecule has 0 aliphatic carbocycles. The van der Waals surface area contributed by atoms with E-state index in [1.807, 2.05) is 20.8 Å². The van der Waals surface area contributed by atoms with Gasteiger partial charge in [0.15, 0.2) is 0 Å². The van der Waals surface area contributed by atoms with Gasteiger partial charge in [-0.25, -0.2) is 4.79 Å². The van der Waals surface area contributed by atoms with Gasteiger partial charge in [0.05, 0.1) is 13.2 Å². The Morgan fingerprint density at radius 1 is 0.952 bits per heavy atom. The molecule has 124 valence electrons. The molecule has 1 N–H and O–H groups in total. The number of carboxylic acids is 1. The summed E-state index contributed by atoms with van der Waals surface area (Å²) in [5, 5.41) is 9.22. The van der Waals surface area contributed by atoms with Crippen molar-refractivity contribution in [3.8, 4) is 0 Å². The fourth-order valence-corrected chi connectivity index (χ4v) is 1.79. The maximum atomic E-state index is 12.6. The summed E-state index contributed by atoms with van der Waals surface area (Å²) in [5.41, 5.74) is 0. The van der Waals surface area contributed by atoms with Crippen LogP contribution >= 0.6 is 0 Å². The minimum Gasteiger partial charge on any atom is -0.479 e. The van der Waals surface area contributed by atoms with Crippen molar-refractivity contribution in [3.63, 3.8) is 0 Å². The molecule has 0 aromatic carbocycles.